The molecular formula is C14H20N2O5. The van der Waals surface area contributed by atoms with E-state index in [2.05, 4.69) is 0 Å². The number of nitrogens with zero attached hydrogens (tertiary/aromatic N) is 1. The van der Waals surface area contributed by atoms with Crippen LogP contribution in [0.15, 0.2) is 24.3 Å². The molecule has 1 aromatic rings. The lowest BCUT2D eigenvalue weighted by Crippen LogP contribution is -2.22. The SMILES string of the molecule is CC(COc1cccc([N+](=O)[O-])c1)C[C@H](CN)CC(=O)O. The van der Waals surface area contributed by atoms with Gasteiger partial charge in [-0.25, -0.2) is 0 Å². The molecule has 7 heteroatoms. The first kappa shape index (κ1) is 16.9. The summed E-state index contributed by atoms with van der Waals surface area (Å²) in [4.78, 5) is 20.9. The lowest BCUT2D eigenvalue weighted by Gasteiger charge is -2.18. The number of ether oxygens (including phenoxy) is 1. The summed E-state index contributed by atoms with van der Waals surface area (Å²) in [5, 5.41) is 19.4. The summed E-state index contributed by atoms with van der Waals surface area (Å²) >= 11 is 0. The van der Waals surface area contributed by atoms with Crippen LogP contribution in [0.25, 0.3) is 0 Å². The Kier molecular flexibility index (Phi) is 6.61. The predicted octanol–water partition coefficient (Wildman–Crippen LogP) is 2.05. The molecule has 0 spiro atoms. The highest BCUT2D eigenvalue weighted by atomic mass is 16.6. The molecule has 0 aliphatic rings. The van der Waals surface area contributed by atoms with Crippen molar-refractivity contribution >= 4 is 11.7 Å². The van der Waals surface area contributed by atoms with Gasteiger partial charge in [0.25, 0.3) is 5.69 Å². The normalized spacial score (nSPS) is 13.4. The molecule has 2 atom stereocenters. The largest absolute Gasteiger partial charge is 0.493 e. The van der Waals surface area contributed by atoms with Gasteiger partial charge in [-0.15, -0.1) is 0 Å². The van der Waals surface area contributed by atoms with Crippen LogP contribution in [-0.2, 0) is 4.79 Å². The van der Waals surface area contributed by atoms with E-state index in [0.717, 1.165) is 0 Å². The Bertz CT molecular complexity index is 492. The number of hydrogen-bond acceptors (Lipinski definition) is 5. The molecule has 0 saturated carbocycles. The number of non-ortho nitro benzene ring substituents is 1. The molecule has 21 heavy (non-hydrogen) atoms. The molecule has 116 valence electrons. The summed E-state index contributed by atoms with van der Waals surface area (Å²) < 4.78 is 5.52. The number of aliphatic carboxylic acids is 1. The summed E-state index contributed by atoms with van der Waals surface area (Å²) in [6, 6.07) is 5.97. The molecule has 0 amide bonds. The van der Waals surface area contributed by atoms with Crippen molar-refractivity contribution in [3.63, 3.8) is 0 Å². The van der Waals surface area contributed by atoms with Crippen LogP contribution >= 0.6 is 0 Å². The van der Waals surface area contributed by atoms with Crippen molar-refractivity contribution in [2.75, 3.05) is 13.2 Å². The highest BCUT2D eigenvalue weighted by molar-refractivity contribution is 5.67. The standard InChI is InChI=1S/C14H20N2O5/c1-10(5-11(8-15)6-14(17)18)9-21-13-4-2-3-12(7-13)16(19)20/h2-4,7,10-11H,5-6,8-9,15H2,1H3,(H,17,18)/t10?,11-/m0/s1. The van der Waals surface area contributed by atoms with Crippen molar-refractivity contribution in [1.29, 1.82) is 0 Å². The van der Waals surface area contributed by atoms with E-state index in [1.54, 1.807) is 12.1 Å². The maximum absolute atomic E-state index is 10.7. The fourth-order valence-electron chi connectivity index (χ4n) is 2.07. The lowest BCUT2D eigenvalue weighted by molar-refractivity contribution is -0.384. The number of benzene rings is 1. The number of nitro benzene ring substituents is 1. The molecule has 1 unspecified atom stereocenters. The Morgan fingerprint density at radius 2 is 2.24 bits per heavy atom. The van der Waals surface area contributed by atoms with Crippen molar-refractivity contribution in [3.8, 4) is 5.75 Å². The van der Waals surface area contributed by atoms with Gasteiger partial charge in [0, 0.05) is 12.5 Å². The van der Waals surface area contributed by atoms with E-state index in [4.69, 9.17) is 15.6 Å². The van der Waals surface area contributed by atoms with E-state index in [-0.39, 0.29) is 23.9 Å². The average molecular weight is 296 g/mol. The first-order valence-electron chi connectivity index (χ1n) is 6.71. The van der Waals surface area contributed by atoms with Crippen molar-refractivity contribution < 1.29 is 19.6 Å². The third-order valence-electron chi connectivity index (χ3n) is 3.10. The van der Waals surface area contributed by atoms with Crippen LogP contribution in [-0.4, -0.2) is 29.2 Å². The van der Waals surface area contributed by atoms with Gasteiger partial charge in [0.1, 0.15) is 5.75 Å². The summed E-state index contributed by atoms with van der Waals surface area (Å²) in [6.07, 6.45) is 0.676. The summed E-state index contributed by atoms with van der Waals surface area (Å²) in [5.41, 5.74) is 5.53. The molecule has 1 aromatic carbocycles. The van der Waals surface area contributed by atoms with Crippen LogP contribution in [0.5, 0.6) is 5.75 Å². The van der Waals surface area contributed by atoms with Crippen molar-refractivity contribution in [2.24, 2.45) is 17.6 Å². The van der Waals surface area contributed by atoms with Crippen LogP contribution in [0.4, 0.5) is 5.69 Å². The Balaban J connectivity index is 2.48. The molecule has 3 N–H and O–H groups in total. The highest BCUT2D eigenvalue weighted by Gasteiger charge is 2.16. The van der Waals surface area contributed by atoms with E-state index in [1.807, 2.05) is 6.92 Å². The van der Waals surface area contributed by atoms with Gasteiger partial charge in [-0.2, -0.15) is 0 Å². The molecule has 0 heterocycles. The lowest BCUT2D eigenvalue weighted by atomic mass is 9.93. The smallest absolute Gasteiger partial charge is 0.303 e. The van der Waals surface area contributed by atoms with Crippen molar-refractivity contribution in [1.82, 2.24) is 0 Å². The highest BCUT2D eigenvalue weighted by Crippen LogP contribution is 2.21. The number of carboxylic acid groups (broad SMARTS) is 1. The number of carboxylic acids is 1. The number of nitrogens with two attached hydrogens (primary N) is 1. The topological polar surface area (TPSA) is 116 Å². The van der Waals surface area contributed by atoms with Gasteiger partial charge >= 0.3 is 5.97 Å². The van der Waals surface area contributed by atoms with Gasteiger partial charge in [0.2, 0.25) is 0 Å². The number of rotatable bonds is 9. The van der Waals surface area contributed by atoms with Gasteiger partial charge in [-0.3, -0.25) is 14.9 Å². The Morgan fingerprint density at radius 3 is 2.81 bits per heavy atom. The zero-order valence-electron chi connectivity index (χ0n) is 11.9. The maximum Gasteiger partial charge on any atom is 0.303 e. The van der Waals surface area contributed by atoms with E-state index >= 15 is 0 Å². The Hall–Kier alpha value is -2.15. The van der Waals surface area contributed by atoms with Gasteiger partial charge in [-0.1, -0.05) is 13.0 Å². The van der Waals surface area contributed by atoms with Gasteiger partial charge in [0.05, 0.1) is 17.6 Å². The van der Waals surface area contributed by atoms with Crippen LogP contribution in [0.2, 0.25) is 0 Å². The predicted molar refractivity (Wildman–Crippen MR) is 77.2 cm³/mol. The molecule has 0 radical (unpaired) electrons. The number of hydrogen-bond donors (Lipinski definition) is 2. The number of carbonyl (C=O) groups is 1. The van der Waals surface area contributed by atoms with Crippen molar-refractivity contribution in [2.45, 2.75) is 19.8 Å². The summed E-state index contributed by atoms with van der Waals surface area (Å²) in [7, 11) is 0. The maximum atomic E-state index is 10.7. The fraction of sp³-hybridized carbons (Fsp3) is 0.500. The minimum absolute atomic E-state index is 0.0223. The minimum atomic E-state index is -0.864. The molecule has 0 fully saturated rings. The average Bonchev–Trinajstić information content (AvgIpc) is 2.44. The van der Waals surface area contributed by atoms with Crippen LogP contribution in [0.3, 0.4) is 0 Å². The van der Waals surface area contributed by atoms with Gasteiger partial charge < -0.3 is 15.6 Å². The Morgan fingerprint density at radius 1 is 1.52 bits per heavy atom. The van der Waals surface area contributed by atoms with E-state index in [9.17, 15) is 14.9 Å². The first-order valence-corrected chi connectivity index (χ1v) is 6.71. The quantitative estimate of drug-likeness (QED) is 0.532. The summed E-state index contributed by atoms with van der Waals surface area (Å²) in [6.45, 7) is 2.60. The van der Waals surface area contributed by atoms with Gasteiger partial charge in [-0.05, 0) is 30.9 Å². The van der Waals surface area contributed by atoms with Crippen molar-refractivity contribution in [3.05, 3.63) is 34.4 Å². The van der Waals surface area contributed by atoms with Crippen LogP contribution < -0.4 is 10.5 Å². The van der Waals surface area contributed by atoms with Crippen LogP contribution in [0.1, 0.15) is 19.8 Å². The zero-order valence-corrected chi connectivity index (χ0v) is 11.9. The first-order chi connectivity index (χ1) is 9.92. The van der Waals surface area contributed by atoms with Crippen LogP contribution in [0, 0.1) is 22.0 Å². The second-order valence-corrected chi connectivity index (χ2v) is 5.11. The Labute approximate surface area is 122 Å². The van der Waals surface area contributed by atoms with E-state index in [1.165, 1.54) is 12.1 Å². The second-order valence-electron chi connectivity index (χ2n) is 5.11. The molecule has 0 saturated heterocycles. The molecule has 7 nitrogen and oxygen atoms in total. The molecule has 0 aromatic heterocycles. The monoisotopic (exact) mass is 296 g/mol. The van der Waals surface area contributed by atoms with Gasteiger partial charge in [0.15, 0.2) is 0 Å². The molecule has 0 bridgehead atoms. The molecule has 0 aliphatic carbocycles. The molecule has 0 aliphatic heterocycles. The fourth-order valence-corrected chi connectivity index (χ4v) is 2.07. The summed E-state index contributed by atoms with van der Waals surface area (Å²) in [5.74, 6) is -0.417. The van der Waals surface area contributed by atoms with E-state index < -0.39 is 10.9 Å². The molecule has 1 rings (SSSR count). The molecular weight excluding hydrogens is 276 g/mol. The third kappa shape index (κ3) is 6.22. The van der Waals surface area contributed by atoms with E-state index in [0.29, 0.717) is 25.3 Å². The third-order valence-corrected chi connectivity index (χ3v) is 3.10. The minimum Gasteiger partial charge on any atom is -0.493 e. The number of nitro groups is 1. The second kappa shape index (κ2) is 8.21. The zero-order chi connectivity index (χ0) is 15.8.